The number of nitrogens with one attached hydrogen (secondary N) is 1. The molecule has 1 amide bonds. The SMILES string of the molecule is CC1(COC(=O)Nc2ccc(N)cc2)CC1. The Hall–Kier alpha value is -1.71. The maximum Gasteiger partial charge on any atom is 0.411 e. The summed E-state index contributed by atoms with van der Waals surface area (Å²) in [5, 5.41) is 2.65. The quantitative estimate of drug-likeness (QED) is 0.769. The van der Waals surface area contributed by atoms with E-state index < -0.39 is 6.09 Å². The maximum absolute atomic E-state index is 11.4. The lowest BCUT2D eigenvalue weighted by atomic mass is 10.2. The molecule has 3 N–H and O–H groups in total. The first kappa shape index (κ1) is 10.8. The lowest BCUT2D eigenvalue weighted by Gasteiger charge is -2.10. The molecule has 0 aliphatic heterocycles. The number of ether oxygens (including phenoxy) is 1. The predicted octanol–water partition coefficient (Wildman–Crippen LogP) is 2.62. The fraction of sp³-hybridized carbons (Fsp3) is 0.417. The number of nitrogen functional groups attached to an aromatic ring is 1. The molecule has 0 saturated heterocycles. The van der Waals surface area contributed by atoms with Gasteiger partial charge in [-0.25, -0.2) is 4.79 Å². The van der Waals surface area contributed by atoms with Crippen molar-refractivity contribution in [3.05, 3.63) is 24.3 Å². The number of nitrogens with two attached hydrogens (primary N) is 1. The molecule has 1 aliphatic rings. The molecule has 2 rings (SSSR count). The molecule has 1 aromatic rings. The molecular formula is C12H16N2O2. The van der Waals surface area contributed by atoms with Crippen molar-refractivity contribution < 1.29 is 9.53 Å². The van der Waals surface area contributed by atoms with Gasteiger partial charge in [0.15, 0.2) is 0 Å². The molecule has 86 valence electrons. The third kappa shape index (κ3) is 2.89. The van der Waals surface area contributed by atoms with E-state index in [1.165, 1.54) is 0 Å². The van der Waals surface area contributed by atoms with E-state index in [1.54, 1.807) is 24.3 Å². The second kappa shape index (κ2) is 4.04. The van der Waals surface area contributed by atoms with Crippen LogP contribution in [0.3, 0.4) is 0 Å². The average Bonchev–Trinajstić information content (AvgIpc) is 2.98. The highest BCUT2D eigenvalue weighted by atomic mass is 16.5. The van der Waals surface area contributed by atoms with Gasteiger partial charge in [0, 0.05) is 16.8 Å². The highest BCUT2D eigenvalue weighted by molar-refractivity contribution is 5.84. The van der Waals surface area contributed by atoms with Crippen molar-refractivity contribution in [1.29, 1.82) is 0 Å². The fourth-order valence-corrected chi connectivity index (χ4v) is 1.32. The number of hydrogen-bond acceptors (Lipinski definition) is 3. The molecule has 1 fully saturated rings. The Balaban J connectivity index is 1.80. The number of rotatable bonds is 3. The standard InChI is InChI=1S/C12H16N2O2/c1-12(6-7-12)8-16-11(15)14-10-4-2-9(13)3-5-10/h2-5H,6-8,13H2,1H3,(H,14,15). The second-order valence-electron chi connectivity index (χ2n) is 4.63. The van der Waals surface area contributed by atoms with Crippen LogP contribution in [0.2, 0.25) is 0 Å². The van der Waals surface area contributed by atoms with Crippen molar-refractivity contribution in [1.82, 2.24) is 0 Å². The first-order valence-corrected chi connectivity index (χ1v) is 5.37. The zero-order valence-electron chi connectivity index (χ0n) is 9.32. The summed E-state index contributed by atoms with van der Waals surface area (Å²) in [6.45, 7) is 2.61. The molecule has 1 aromatic carbocycles. The maximum atomic E-state index is 11.4. The zero-order valence-corrected chi connectivity index (χ0v) is 9.32. The van der Waals surface area contributed by atoms with Crippen molar-refractivity contribution in [2.45, 2.75) is 19.8 Å². The smallest absolute Gasteiger partial charge is 0.411 e. The van der Waals surface area contributed by atoms with Gasteiger partial charge < -0.3 is 10.5 Å². The molecule has 0 bridgehead atoms. The van der Waals surface area contributed by atoms with E-state index in [-0.39, 0.29) is 5.41 Å². The molecule has 1 aliphatic carbocycles. The monoisotopic (exact) mass is 220 g/mol. The van der Waals surface area contributed by atoms with Crippen LogP contribution in [0.4, 0.5) is 16.2 Å². The first-order valence-electron chi connectivity index (χ1n) is 5.37. The summed E-state index contributed by atoms with van der Waals surface area (Å²) >= 11 is 0. The van der Waals surface area contributed by atoms with Gasteiger partial charge in [-0.1, -0.05) is 6.92 Å². The minimum Gasteiger partial charge on any atom is -0.449 e. The van der Waals surface area contributed by atoms with Crippen LogP contribution in [0.15, 0.2) is 24.3 Å². The van der Waals surface area contributed by atoms with E-state index in [4.69, 9.17) is 10.5 Å². The molecule has 0 spiro atoms. The summed E-state index contributed by atoms with van der Waals surface area (Å²) in [6, 6.07) is 6.96. The highest BCUT2D eigenvalue weighted by Crippen LogP contribution is 2.44. The number of anilines is 2. The average molecular weight is 220 g/mol. The topological polar surface area (TPSA) is 64.3 Å². The molecule has 0 aromatic heterocycles. The van der Waals surface area contributed by atoms with Crippen molar-refractivity contribution in [2.75, 3.05) is 17.7 Å². The van der Waals surface area contributed by atoms with E-state index >= 15 is 0 Å². The van der Waals surface area contributed by atoms with Crippen LogP contribution in [0.1, 0.15) is 19.8 Å². The van der Waals surface area contributed by atoms with Crippen LogP contribution in [0, 0.1) is 5.41 Å². The van der Waals surface area contributed by atoms with Crippen molar-refractivity contribution in [3.63, 3.8) is 0 Å². The number of hydrogen-bond donors (Lipinski definition) is 2. The van der Waals surface area contributed by atoms with E-state index in [0.29, 0.717) is 18.0 Å². The van der Waals surface area contributed by atoms with Gasteiger partial charge in [0.05, 0.1) is 6.61 Å². The molecule has 4 nitrogen and oxygen atoms in total. The lowest BCUT2D eigenvalue weighted by Crippen LogP contribution is -2.18. The van der Waals surface area contributed by atoms with Crippen LogP contribution in [-0.2, 0) is 4.74 Å². The predicted molar refractivity (Wildman–Crippen MR) is 63.2 cm³/mol. The molecule has 1 saturated carbocycles. The van der Waals surface area contributed by atoms with Crippen molar-refractivity contribution >= 4 is 17.5 Å². The van der Waals surface area contributed by atoms with E-state index in [9.17, 15) is 4.79 Å². The molecular weight excluding hydrogens is 204 g/mol. The Bertz CT molecular complexity index is 383. The molecule has 0 atom stereocenters. The molecule has 4 heteroatoms. The van der Waals surface area contributed by atoms with Gasteiger partial charge in [-0.05, 0) is 37.1 Å². The van der Waals surface area contributed by atoms with Gasteiger partial charge in [-0.3, -0.25) is 5.32 Å². The molecule has 16 heavy (non-hydrogen) atoms. The van der Waals surface area contributed by atoms with Gasteiger partial charge in [0.1, 0.15) is 0 Å². The summed E-state index contributed by atoms with van der Waals surface area (Å²) < 4.78 is 5.12. The van der Waals surface area contributed by atoms with Crippen molar-refractivity contribution in [3.8, 4) is 0 Å². The summed E-state index contributed by atoms with van der Waals surface area (Å²) in [7, 11) is 0. The third-order valence-corrected chi connectivity index (χ3v) is 2.81. The van der Waals surface area contributed by atoms with Crippen molar-refractivity contribution in [2.24, 2.45) is 5.41 Å². The fourth-order valence-electron chi connectivity index (χ4n) is 1.32. The molecule has 0 unspecified atom stereocenters. The highest BCUT2D eigenvalue weighted by Gasteiger charge is 2.38. The summed E-state index contributed by atoms with van der Waals surface area (Å²) in [5.41, 5.74) is 7.12. The van der Waals surface area contributed by atoms with Gasteiger partial charge in [0.25, 0.3) is 0 Å². The number of carbonyl (C=O) groups is 1. The van der Waals surface area contributed by atoms with Crippen LogP contribution in [0.25, 0.3) is 0 Å². The first-order chi connectivity index (χ1) is 7.57. The van der Waals surface area contributed by atoms with Gasteiger partial charge in [0.2, 0.25) is 0 Å². The van der Waals surface area contributed by atoms with Gasteiger partial charge in [-0.15, -0.1) is 0 Å². The number of carbonyl (C=O) groups excluding carboxylic acids is 1. The van der Waals surface area contributed by atoms with E-state index in [0.717, 1.165) is 12.8 Å². The van der Waals surface area contributed by atoms with E-state index in [1.807, 2.05) is 0 Å². The lowest BCUT2D eigenvalue weighted by molar-refractivity contribution is 0.139. The minimum atomic E-state index is -0.405. The summed E-state index contributed by atoms with van der Waals surface area (Å²) in [6.07, 6.45) is 1.88. The number of benzene rings is 1. The Morgan fingerprint density at radius 3 is 2.62 bits per heavy atom. The molecule has 0 radical (unpaired) electrons. The normalized spacial score (nSPS) is 16.6. The number of amides is 1. The Labute approximate surface area is 94.8 Å². The van der Waals surface area contributed by atoms with Gasteiger partial charge in [-0.2, -0.15) is 0 Å². The Morgan fingerprint density at radius 2 is 2.06 bits per heavy atom. The Morgan fingerprint density at radius 1 is 1.44 bits per heavy atom. The van der Waals surface area contributed by atoms with Crippen LogP contribution >= 0.6 is 0 Å². The zero-order chi connectivity index (χ0) is 11.6. The second-order valence-corrected chi connectivity index (χ2v) is 4.63. The summed E-state index contributed by atoms with van der Waals surface area (Å²) in [5.74, 6) is 0. The minimum absolute atomic E-state index is 0.221. The van der Waals surface area contributed by atoms with Crippen LogP contribution in [-0.4, -0.2) is 12.7 Å². The third-order valence-electron chi connectivity index (χ3n) is 2.81. The summed E-state index contributed by atoms with van der Waals surface area (Å²) in [4.78, 5) is 11.4. The van der Waals surface area contributed by atoms with Crippen LogP contribution in [0.5, 0.6) is 0 Å². The van der Waals surface area contributed by atoms with Crippen LogP contribution < -0.4 is 11.1 Å². The molecule has 0 heterocycles. The largest absolute Gasteiger partial charge is 0.449 e. The Kier molecular flexibility index (Phi) is 2.73. The van der Waals surface area contributed by atoms with E-state index in [2.05, 4.69) is 12.2 Å². The van der Waals surface area contributed by atoms with Gasteiger partial charge >= 0.3 is 6.09 Å².